The number of amides is 2. The van der Waals surface area contributed by atoms with Gasteiger partial charge in [0.05, 0.1) is 15.6 Å². The van der Waals surface area contributed by atoms with Gasteiger partial charge in [0.2, 0.25) is 11.8 Å². The molecule has 1 aliphatic heterocycles. The van der Waals surface area contributed by atoms with Gasteiger partial charge in [0.25, 0.3) is 10.0 Å². The number of sulfonamides is 1. The minimum Gasteiger partial charge on any atom is -0.325 e. The molecule has 1 N–H and O–H groups in total. The van der Waals surface area contributed by atoms with Crippen LogP contribution in [0.3, 0.4) is 0 Å². The molecule has 0 saturated carbocycles. The van der Waals surface area contributed by atoms with Crippen molar-refractivity contribution in [3.8, 4) is 0 Å². The second-order valence-electron chi connectivity index (χ2n) is 8.12. The van der Waals surface area contributed by atoms with Gasteiger partial charge in [0.1, 0.15) is 12.4 Å². The molecule has 10 heteroatoms. The lowest BCUT2D eigenvalue weighted by Gasteiger charge is -2.24. The number of anilines is 3. The molecule has 0 unspecified atom stereocenters. The van der Waals surface area contributed by atoms with Crippen molar-refractivity contribution in [1.82, 2.24) is 0 Å². The van der Waals surface area contributed by atoms with E-state index in [0.717, 1.165) is 34.1 Å². The molecule has 1 heterocycles. The highest BCUT2D eigenvalue weighted by Crippen LogP contribution is 2.29. The van der Waals surface area contributed by atoms with E-state index in [1.165, 1.54) is 18.2 Å². The zero-order chi connectivity index (χ0) is 25.2. The van der Waals surface area contributed by atoms with Gasteiger partial charge < -0.3 is 10.2 Å². The highest BCUT2D eigenvalue weighted by molar-refractivity contribution is 7.92. The first kappa shape index (κ1) is 24.7. The van der Waals surface area contributed by atoms with Crippen molar-refractivity contribution in [3.63, 3.8) is 0 Å². The third kappa shape index (κ3) is 5.31. The third-order valence-electron chi connectivity index (χ3n) is 5.65. The minimum atomic E-state index is -4.16. The van der Waals surface area contributed by atoms with Crippen molar-refractivity contribution in [2.24, 2.45) is 0 Å². The average Bonchev–Trinajstić information content (AvgIpc) is 3.25. The Hall–Kier alpha value is -3.43. The molecule has 0 bridgehead atoms. The van der Waals surface area contributed by atoms with Crippen molar-refractivity contribution in [2.45, 2.75) is 24.7 Å². The molecule has 1 aliphatic rings. The zero-order valence-electron chi connectivity index (χ0n) is 18.9. The molecule has 2 amide bonds. The van der Waals surface area contributed by atoms with Gasteiger partial charge in [-0.1, -0.05) is 29.8 Å². The van der Waals surface area contributed by atoms with Crippen LogP contribution in [0.4, 0.5) is 21.5 Å². The summed E-state index contributed by atoms with van der Waals surface area (Å²) in [5.41, 5.74) is 2.09. The van der Waals surface area contributed by atoms with E-state index in [9.17, 15) is 22.4 Å². The lowest BCUT2D eigenvalue weighted by atomic mass is 10.1. The molecule has 35 heavy (non-hydrogen) atoms. The summed E-state index contributed by atoms with van der Waals surface area (Å²) in [6.45, 7) is 1.92. The fraction of sp³-hybridized carbons (Fsp3) is 0.200. The summed E-state index contributed by atoms with van der Waals surface area (Å²) in [7, 11) is -4.16. The van der Waals surface area contributed by atoms with Crippen molar-refractivity contribution < 1.29 is 22.4 Å². The number of halogens is 2. The predicted molar refractivity (Wildman–Crippen MR) is 134 cm³/mol. The lowest BCUT2D eigenvalue weighted by Crippen LogP contribution is -2.38. The van der Waals surface area contributed by atoms with Crippen molar-refractivity contribution >= 4 is 50.5 Å². The molecular weight excluding hydrogens is 493 g/mol. The molecule has 4 rings (SSSR count). The number of rotatable bonds is 7. The van der Waals surface area contributed by atoms with Crippen LogP contribution in [0.5, 0.6) is 0 Å². The third-order valence-corrected chi connectivity index (χ3v) is 7.73. The minimum absolute atomic E-state index is 0.0243. The lowest BCUT2D eigenvalue weighted by molar-refractivity contribution is -0.117. The van der Waals surface area contributed by atoms with E-state index in [1.807, 2.05) is 6.92 Å². The molecule has 182 valence electrons. The van der Waals surface area contributed by atoms with Gasteiger partial charge in [-0.25, -0.2) is 12.8 Å². The fourth-order valence-corrected chi connectivity index (χ4v) is 5.55. The topological polar surface area (TPSA) is 86.8 Å². The van der Waals surface area contributed by atoms with Gasteiger partial charge in [0, 0.05) is 24.3 Å². The number of nitrogens with one attached hydrogen (secondary N) is 1. The van der Waals surface area contributed by atoms with Crippen LogP contribution in [-0.4, -0.2) is 33.3 Å². The van der Waals surface area contributed by atoms with E-state index in [4.69, 9.17) is 11.6 Å². The molecule has 3 aromatic carbocycles. The van der Waals surface area contributed by atoms with Gasteiger partial charge >= 0.3 is 0 Å². The van der Waals surface area contributed by atoms with Gasteiger partial charge in [-0.2, -0.15) is 0 Å². The number of hydrogen-bond acceptors (Lipinski definition) is 4. The van der Waals surface area contributed by atoms with Crippen molar-refractivity contribution in [1.29, 1.82) is 0 Å². The highest BCUT2D eigenvalue weighted by atomic mass is 35.5. The number of carbonyl (C=O) groups is 2. The maximum Gasteiger partial charge on any atom is 0.264 e. The second-order valence-corrected chi connectivity index (χ2v) is 10.4. The second kappa shape index (κ2) is 10.1. The van der Waals surface area contributed by atoms with E-state index in [2.05, 4.69) is 5.32 Å². The first-order valence-corrected chi connectivity index (χ1v) is 12.7. The molecule has 0 atom stereocenters. The largest absolute Gasteiger partial charge is 0.325 e. The summed E-state index contributed by atoms with van der Waals surface area (Å²) >= 11 is 5.89. The van der Waals surface area contributed by atoms with E-state index in [0.29, 0.717) is 18.7 Å². The normalized spacial score (nSPS) is 13.7. The number of carbonyl (C=O) groups excluding carboxylic acids is 2. The summed E-state index contributed by atoms with van der Waals surface area (Å²) in [5.74, 6) is -1.25. The zero-order valence-corrected chi connectivity index (χ0v) is 20.4. The molecule has 0 radical (unpaired) electrons. The standard InChI is InChI=1S/C25H23ClFN3O4S/c1-17-14-18(9-12-23(17)29-13-5-8-25(29)32)28-24(31)16-30(19-10-11-22(27)21(26)15-19)35(33,34)20-6-3-2-4-7-20/h2-4,6-7,9-12,14-15H,5,8,13,16H2,1H3,(H,28,31). The average molecular weight is 516 g/mol. The number of hydrogen-bond donors (Lipinski definition) is 1. The summed E-state index contributed by atoms with van der Waals surface area (Å²) in [4.78, 5) is 26.7. The number of aryl methyl sites for hydroxylation is 1. The highest BCUT2D eigenvalue weighted by Gasteiger charge is 2.28. The van der Waals surface area contributed by atoms with Crippen LogP contribution in [-0.2, 0) is 19.6 Å². The molecular formula is C25H23ClFN3O4S. The van der Waals surface area contributed by atoms with Gasteiger partial charge in [0.15, 0.2) is 0 Å². The molecule has 0 spiro atoms. The first-order chi connectivity index (χ1) is 16.7. The molecule has 3 aromatic rings. The van der Waals surface area contributed by atoms with Crippen LogP contribution >= 0.6 is 11.6 Å². The van der Waals surface area contributed by atoms with E-state index in [-0.39, 0.29) is 21.5 Å². The van der Waals surface area contributed by atoms with Crippen LogP contribution in [0.25, 0.3) is 0 Å². The molecule has 7 nitrogen and oxygen atoms in total. The Labute approximate surface area is 208 Å². The Morgan fingerprint density at radius 2 is 1.86 bits per heavy atom. The summed E-state index contributed by atoms with van der Waals surface area (Å²) in [6.07, 6.45) is 1.31. The Morgan fingerprint density at radius 3 is 2.49 bits per heavy atom. The van der Waals surface area contributed by atoms with Crippen LogP contribution in [0, 0.1) is 12.7 Å². The Bertz CT molecular complexity index is 1380. The van der Waals surface area contributed by atoms with Crippen LogP contribution in [0.2, 0.25) is 5.02 Å². The Kier molecular flexibility index (Phi) is 7.09. The smallest absolute Gasteiger partial charge is 0.264 e. The summed E-state index contributed by atoms with van der Waals surface area (Å²) in [5, 5.41) is 2.44. The fourth-order valence-electron chi connectivity index (χ4n) is 3.94. The summed E-state index contributed by atoms with van der Waals surface area (Å²) < 4.78 is 41.3. The SMILES string of the molecule is Cc1cc(NC(=O)CN(c2ccc(F)c(Cl)c2)S(=O)(=O)c2ccccc2)ccc1N1CCCC1=O. The number of nitrogens with zero attached hydrogens (tertiary/aromatic N) is 2. The molecule has 1 fully saturated rings. The van der Waals surface area contributed by atoms with Crippen LogP contribution in [0.15, 0.2) is 71.6 Å². The quantitative estimate of drug-likeness (QED) is 0.492. The summed E-state index contributed by atoms with van der Waals surface area (Å²) in [6, 6.07) is 16.2. The van der Waals surface area contributed by atoms with E-state index >= 15 is 0 Å². The maximum absolute atomic E-state index is 13.7. The first-order valence-electron chi connectivity index (χ1n) is 10.9. The van der Waals surface area contributed by atoms with E-state index in [1.54, 1.807) is 41.3 Å². The monoisotopic (exact) mass is 515 g/mol. The van der Waals surface area contributed by atoms with Crippen molar-refractivity contribution in [2.75, 3.05) is 27.6 Å². The number of benzene rings is 3. The predicted octanol–water partition coefficient (Wildman–Crippen LogP) is 4.75. The Morgan fingerprint density at radius 1 is 1.11 bits per heavy atom. The van der Waals surface area contributed by atoms with Crippen molar-refractivity contribution in [3.05, 3.63) is 83.1 Å². The molecule has 1 saturated heterocycles. The van der Waals surface area contributed by atoms with Gasteiger partial charge in [-0.3, -0.25) is 13.9 Å². The Balaban J connectivity index is 1.59. The van der Waals surface area contributed by atoms with Crippen LogP contribution < -0.4 is 14.5 Å². The molecule has 0 aromatic heterocycles. The van der Waals surface area contributed by atoms with Crippen LogP contribution in [0.1, 0.15) is 18.4 Å². The molecule has 0 aliphatic carbocycles. The van der Waals surface area contributed by atoms with E-state index < -0.39 is 28.3 Å². The maximum atomic E-state index is 13.7. The van der Waals surface area contributed by atoms with Gasteiger partial charge in [-0.15, -0.1) is 0 Å². The van der Waals surface area contributed by atoms with Gasteiger partial charge in [-0.05, 0) is 67.4 Å².